The second kappa shape index (κ2) is 42.9. The Morgan fingerprint density at radius 1 is 0.417 bits per heavy atom. The van der Waals surface area contributed by atoms with Crippen molar-refractivity contribution in [2.75, 3.05) is 78.7 Å². The minimum atomic E-state index is 0.682. The second-order valence-electron chi connectivity index (χ2n) is 13.6. The van der Waals surface area contributed by atoms with Gasteiger partial charge in [-0.1, -0.05) is 82.1 Å². The Labute approximate surface area is 306 Å². The fourth-order valence-electron chi connectivity index (χ4n) is 5.99. The number of nitrogens with one attached hydrogen (secondary N) is 2. The molecule has 0 aromatic carbocycles. The predicted octanol–water partition coefficient (Wildman–Crippen LogP) is 10.2. The summed E-state index contributed by atoms with van der Waals surface area (Å²) in [6.45, 7) is 48.5. The average Bonchev–Trinajstić information content (AvgIpc) is 3.75. The quantitative estimate of drug-likeness (QED) is 0.307. The molecule has 0 amide bonds. The van der Waals surface area contributed by atoms with Crippen molar-refractivity contribution in [2.45, 2.75) is 187 Å². The zero-order valence-corrected chi connectivity index (χ0v) is 36.5. The molecule has 2 N–H and O–H groups in total. The summed E-state index contributed by atoms with van der Waals surface area (Å²) in [6, 6.07) is 2.17. The lowest BCUT2D eigenvalue weighted by molar-refractivity contribution is 0.136. The maximum atomic E-state index is 5.33. The van der Waals surface area contributed by atoms with Crippen molar-refractivity contribution >= 4 is 0 Å². The van der Waals surface area contributed by atoms with Crippen LogP contribution in [0.3, 0.4) is 0 Å². The van der Waals surface area contributed by atoms with Crippen LogP contribution in [0.25, 0.3) is 0 Å². The SMILES string of the molecule is CC.CC.CC.CC.CC(C)C1CCCNCC1.CC(C)N1CCCCCC1.CC(C)N1CCCNCC1.CC(C)N1CCCOCC1. The molecule has 4 heterocycles. The molecule has 1 atom stereocenters. The summed E-state index contributed by atoms with van der Waals surface area (Å²) in [5.41, 5.74) is 0. The van der Waals surface area contributed by atoms with Crippen LogP contribution in [-0.2, 0) is 4.74 Å². The number of hydrogen-bond donors (Lipinski definition) is 2. The molecular formula is C42H97N5O. The van der Waals surface area contributed by atoms with Crippen LogP contribution >= 0.6 is 0 Å². The number of likely N-dealkylation sites (tertiary alicyclic amines) is 1. The Kier molecular flexibility index (Phi) is 48.8. The highest BCUT2D eigenvalue weighted by Crippen LogP contribution is 2.21. The fraction of sp³-hybridized carbons (Fsp3) is 1.00. The minimum Gasteiger partial charge on any atom is -0.380 e. The Balaban J connectivity index is -0.000000251. The standard InChI is InChI=1S/2C9H19N.C8H18N2.C8H17NO.4C2H6/c1-8(2)9-4-3-6-10-7-5-9;1-9(2)10-7-5-3-4-6-8-10;1-8(2)10-6-3-4-9-5-7-10;1-8(2)9-4-3-6-10-7-5-9;4*1-2/h8-10H,3-7H2,1-2H3;9H,3-8H2,1-2H3;8-9H,3-7H2,1-2H3;8H,3-7H2,1-2H3;4*1-2H3. The number of rotatable bonds is 4. The summed E-state index contributed by atoms with van der Waals surface area (Å²) in [6.07, 6.45) is 12.4. The molecule has 48 heavy (non-hydrogen) atoms. The number of nitrogens with zero attached hydrogens (tertiary/aromatic N) is 3. The first-order valence-corrected chi connectivity index (χ1v) is 21.4. The van der Waals surface area contributed by atoms with Crippen LogP contribution in [0.2, 0.25) is 0 Å². The molecule has 4 aliphatic heterocycles. The smallest absolute Gasteiger partial charge is 0.0593 e. The van der Waals surface area contributed by atoms with Crippen molar-refractivity contribution in [2.24, 2.45) is 11.8 Å². The summed E-state index contributed by atoms with van der Waals surface area (Å²) >= 11 is 0. The Morgan fingerprint density at radius 3 is 1.38 bits per heavy atom. The van der Waals surface area contributed by atoms with Crippen molar-refractivity contribution in [3.8, 4) is 0 Å². The van der Waals surface area contributed by atoms with Gasteiger partial charge in [0.15, 0.2) is 0 Å². The normalized spacial score (nSPS) is 20.9. The number of ether oxygens (including phenoxy) is 1. The molecule has 1 unspecified atom stereocenters. The Bertz CT molecular complexity index is 430. The van der Waals surface area contributed by atoms with E-state index in [4.69, 9.17) is 4.74 Å². The van der Waals surface area contributed by atoms with Gasteiger partial charge in [-0.15, -0.1) is 0 Å². The van der Waals surface area contributed by atoms with Crippen molar-refractivity contribution < 1.29 is 4.74 Å². The van der Waals surface area contributed by atoms with Crippen LogP contribution in [0.4, 0.5) is 0 Å². The summed E-state index contributed by atoms with van der Waals surface area (Å²) in [5, 5.41) is 6.82. The largest absolute Gasteiger partial charge is 0.380 e. The number of hydrogen-bond acceptors (Lipinski definition) is 6. The van der Waals surface area contributed by atoms with E-state index in [9.17, 15) is 0 Å². The molecule has 0 saturated carbocycles. The first-order valence-electron chi connectivity index (χ1n) is 21.4. The van der Waals surface area contributed by atoms with Gasteiger partial charge in [0.25, 0.3) is 0 Å². The summed E-state index contributed by atoms with van der Waals surface area (Å²) in [5.74, 6) is 1.87. The molecule has 296 valence electrons. The van der Waals surface area contributed by atoms with E-state index >= 15 is 0 Å². The zero-order valence-electron chi connectivity index (χ0n) is 36.5. The molecule has 0 aromatic heterocycles. The molecule has 4 rings (SSSR count). The van der Waals surface area contributed by atoms with Gasteiger partial charge in [-0.25, -0.2) is 0 Å². The van der Waals surface area contributed by atoms with Crippen LogP contribution < -0.4 is 10.6 Å². The van der Waals surface area contributed by atoms with E-state index in [2.05, 4.69) is 80.7 Å². The van der Waals surface area contributed by atoms with E-state index < -0.39 is 0 Å². The second-order valence-corrected chi connectivity index (χ2v) is 13.6. The van der Waals surface area contributed by atoms with Crippen LogP contribution in [0.15, 0.2) is 0 Å². The molecule has 0 radical (unpaired) electrons. The van der Waals surface area contributed by atoms with Crippen LogP contribution in [0.5, 0.6) is 0 Å². The third kappa shape index (κ3) is 34.2. The fourth-order valence-corrected chi connectivity index (χ4v) is 5.99. The van der Waals surface area contributed by atoms with E-state index in [-0.39, 0.29) is 0 Å². The zero-order chi connectivity index (χ0) is 37.6. The molecule has 0 bridgehead atoms. The third-order valence-electron chi connectivity index (χ3n) is 9.03. The van der Waals surface area contributed by atoms with Crippen molar-refractivity contribution in [1.82, 2.24) is 25.3 Å². The van der Waals surface area contributed by atoms with Gasteiger partial charge in [0.1, 0.15) is 0 Å². The molecule has 4 fully saturated rings. The van der Waals surface area contributed by atoms with Gasteiger partial charge in [-0.05, 0) is 138 Å². The first kappa shape index (κ1) is 54.5. The maximum absolute atomic E-state index is 5.33. The van der Waals surface area contributed by atoms with E-state index in [1.54, 1.807) is 0 Å². The van der Waals surface area contributed by atoms with Crippen molar-refractivity contribution in [3.05, 3.63) is 0 Å². The topological polar surface area (TPSA) is 43.0 Å². The molecule has 6 nitrogen and oxygen atoms in total. The van der Waals surface area contributed by atoms with Gasteiger partial charge in [-0.2, -0.15) is 0 Å². The van der Waals surface area contributed by atoms with Gasteiger partial charge in [0.2, 0.25) is 0 Å². The molecule has 6 heteroatoms. The Hall–Kier alpha value is -0.240. The third-order valence-corrected chi connectivity index (χ3v) is 9.03. The highest BCUT2D eigenvalue weighted by atomic mass is 16.5. The lowest BCUT2D eigenvalue weighted by atomic mass is 9.89. The van der Waals surface area contributed by atoms with Crippen LogP contribution in [-0.4, -0.2) is 111 Å². The van der Waals surface area contributed by atoms with E-state index in [0.29, 0.717) is 6.04 Å². The van der Waals surface area contributed by atoms with E-state index in [1.807, 2.05) is 55.4 Å². The van der Waals surface area contributed by atoms with Gasteiger partial charge >= 0.3 is 0 Å². The summed E-state index contributed by atoms with van der Waals surface area (Å²) in [4.78, 5) is 7.58. The molecule has 0 aromatic rings. The molecule has 4 aliphatic rings. The van der Waals surface area contributed by atoms with Crippen LogP contribution in [0.1, 0.15) is 169 Å². The van der Waals surface area contributed by atoms with Gasteiger partial charge in [0, 0.05) is 50.9 Å². The van der Waals surface area contributed by atoms with Gasteiger partial charge in [0.05, 0.1) is 6.61 Å². The summed E-state index contributed by atoms with van der Waals surface area (Å²) in [7, 11) is 0. The van der Waals surface area contributed by atoms with E-state index in [1.165, 1.54) is 110 Å². The Morgan fingerprint density at radius 2 is 0.854 bits per heavy atom. The maximum Gasteiger partial charge on any atom is 0.0593 e. The van der Waals surface area contributed by atoms with Crippen LogP contribution in [0, 0.1) is 11.8 Å². The monoisotopic (exact) mass is 688 g/mol. The highest BCUT2D eigenvalue weighted by Gasteiger charge is 2.15. The van der Waals surface area contributed by atoms with Crippen molar-refractivity contribution in [1.29, 1.82) is 0 Å². The predicted molar refractivity (Wildman–Crippen MR) is 222 cm³/mol. The average molecular weight is 688 g/mol. The van der Waals surface area contributed by atoms with Gasteiger partial charge < -0.3 is 20.3 Å². The molecular weight excluding hydrogens is 590 g/mol. The highest BCUT2D eigenvalue weighted by molar-refractivity contribution is 4.70. The van der Waals surface area contributed by atoms with Gasteiger partial charge in [-0.3, -0.25) is 9.80 Å². The summed E-state index contributed by atoms with van der Waals surface area (Å²) < 4.78 is 5.33. The minimum absolute atomic E-state index is 0.682. The van der Waals surface area contributed by atoms with E-state index in [0.717, 1.165) is 50.2 Å². The molecule has 0 aliphatic carbocycles. The lowest BCUT2D eigenvalue weighted by Crippen LogP contribution is -2.33. The molecule has 4 saturated heterocycles. The lowest BCUT2D eigenvalue weighted by Gasteiger charge is -2.23. The molecule has 0 spiro atoms. The van der Waals surface area contributed by atoms with Crippen molar-refractivity contribution in [3.63, 3.8) is 0 Å². The first-order chi connectivity index (χ1) is 23.2.